The van der Waals surface area contributed by atoms with E-state index in [4.69, 9.17) is 0 Å². The molecular formula is C16H20N2O3S. The second-order valence-corrected chi connectivity index (χ2v) is 7.19. The van der Waals surface area contributed by atoms with Crippen LogP contribution in [0.4, 0.5) is 0 Å². The van der Waals surface area contributed by atoms with Gasteiger partial charge in [0, 0.05) is 32.9 Å². The highest BCUT2D eigenvalue weighted by molar-refractivity contribution is 7.89. The number of hydrogen-bond acceptors (Lipinski definition) is 3. The van der Waals surface area contributed by atoms with Crippen molar-refractivity contribution in [2.45, 2.75) is 17.7 Å². The third-order valence-corrected chi connectivity index (χ3v) is 5.16. The molecular weight excluding hydrogens is 300 g/mol. The first-order valence-corrected chi connectivity index (χ1v) is 8.52. The van der Waals surface area contributed by atoms with Crippen molar-refractivity contribution in [2.75, 3.05) is 20.6 Å². The van der Waals surface area contributed by atoms with Crippen molar-refractivity contribution in [1.29, 1.82) is 0 Å². The number of rotatable bonds is 4. The minimum atomic E-state index is -3.52. The maximum absolute atomic E-state index is 12.6. The number of allylic oxidation sites excluding steroid dienone is 2. The summed E-state index contributed by atoms with van der Waals surface area (Å²) < 4.78 is 26.5. The SMILES string of the molecule is CN(C)C(=O)/C=C/C1=CN(S(=O)(=O)c2ccccc2)CCC1. The molecule has 0 saturated heterocycles. The summed E-state index contributed by atoms with van der Waals surface area (Å²) in [5, 5.41) is 0. The van der Waals surface area contributed by atoms with E-state index >= 15 is 0 Å². The summed E-state index contributed by atoms with van der Waals surface area (Å²) in [5.74, 6) is -0.121. The molecule has 6 heteroatoms. The summed E-state index contributed by atoms with van der Waals surface area (Å²) in [6.07, 6.45) is 6.27. The van der Waals surface area contributed by atoms with E-state index in [1.165, 1.54) is 15.3 Å². The maximum atomic E-state index is 12.6. The number of likely N-dealkylation sites (N-methyl/N-ethyl adjacent to an activating group) is 1. The quantitative estimate of drug-likeness (QED) is 0.797. The molecule has 0 aliphatic carbocycles. The first kappa shape index (κ1) is 16.3. The van der Waals surface area contributed by atoms with Gasteiger partial charge in [0.25, 0.3) is 10.0 Å². The molecule has 2 rings (SSSR count). The van der Waals surface area contributed by atoms with Gasteiger partial charge in [-0.1, -0.05) is 24.3 Å². The van der Waals surface area contributed by atoms with Gasteiger partial charge in [-0.05, 0) is 30.5 Å². The Hall–Kier alpha value is -2.08. The highest BCUT2D eigenvalue weighted by atomic mass is 32.2. The van der Waals surface area contributed by atoms with E-state index in [-0.39, 0.29) is 10.8 Å². The van der Waals surface area contributed by atoms with Crippen molar-refractivity contribution >= 4 is 15.9 Å². The van der Waals surface area contributed by atoms with Gasteiger partial charge in [0.2, 0.25) is 5.91 Å². The van der Waals surface area contributed by atoms with Crippen LogP contribution in [0.3, 0.4) is 0 Å². The van der Waals surface area contributed by atoms with E-state index < -0.39 is 10.0 Å². The molecule has 5 nitrogen and oxygen atoms in total. The average molecular weight is 320 g/mol. The largest absolute Gasteiger partial charge is 0.345 e. The Labute approximate surface area is 131 Å². The topological polar surface area (TPSA) is 57.7 Å². The minimum Gasteiger partial charge on any atom is -0.345 e. The molecule has 1 amide bonds. The Kier molecular flexibility index (Phi) is 5.03. The molecule has 0 bridgehead atoms. The summed E-state index contributed by atoms with van der Waals surface area (Å²) in [5.41, 5.74) is 0.834. The molecule has 1 heterocycles. The van der Waals surface area contributed by atoms with Crippen molar-refractivity contribution in [2.24, 2.45) is 0 Å². The number of carbonyl (C=O) groups excluding carboxylic acids is 1. The van der Waals surface area contributed by atoms with Gasteiger partial charge < -0.3 is 4.90 Å². The van der Waals surface area contributed by atoms with Crippen LogP contribution in [0.2, 0.25) is 0 Å². The fourth-order valence-electron chi connectivity index (χ4n) is 2.12. The molecule has 1 aromatic rings. The van der Waals surface area contributed by atoms with Crippen molar-refractivity contribution in [1.82, 2.24) is 9.21 Å². The number of carbonyl (C=O) groups is 1. The van der Waals surface area contributed by atoms with Crippen LogP contribution in [0, 0.1) is 0 Å². The van der Waals surface area contributed by atoms with Crippen LogP contribution in [0.1, 0.15) is 12.8 Å². The van der Waals surface area contributed by atoms with Gasteiger partial charge in [-0.15, -0.1) is 0 Å². The Morgan fingerprint density at radius 2 is 1.91 bits per heavy atom. The van der Waals surface area contributed by atoms with E-state index in [9.17, 15) is 13.2 Å². The molecule has 0 spiro atoms. The van der Waals surface area contributed by atoms with Gasteiger partial charge in [0.15, 0.2) is 0 Å². The van der Waals surface area contributed by atoms with Gasteiger partial charge in [-0.25, -0.2) is 8.42 Å². The van der Waals surface area contributed by atoms with Crippen LogP contribution in [-0.2, 0) is 14.8 Å². The van der Waals surface area contributed by atoms with Crippen molar-refractivity contribution in [3.63, 3.8) is 0 Å². The third-order valence-electron chi connectivity index (χ3n) is 3.38. The Bertz CT molecular complexity index is 691. The van der Waals surface area contributed by atoms with Crippen molar-refractivity contribution in [3.05, 3.63) is 54.3 Å². The van der Waals surface area contributed by atoms with Gasteiger partial charge in [-0.2, -0.15) is 0 Å². The van der Waals surface area contributed by atoms with Gasteiger partial charge in [0.1, 0.15) is 0 Å². The fourth-order valence-corrected chi connectivity index (χ4v) is 3.54. The molecule has 1 aliphatic heterocycles. The van der Waals surface area contributed by atoms with E-state index in [2.05, 4.69) is 0 Å². The molecule has 22 heavy (non-hydrogen) atoms. The van der Waals surface area contributed by atoms with Gasteiger partial charge >= 0.3 is 0 Å². The zero-order chi connectivity index (χ0) is 16.2. The van der Waals surface area contributed by atoms with E-state index in [1.807, 2.05) is 0 Å². The van der Waals surface area contributed by atoms with Crippen LogP contribution in [0.15, 0.2) is 59.2 Å². The average Bonchev–Trinajstić information content (AvgIpc) is 2.53. The van der Waals surface area contributed by atoms with Gasteiger partial charge in [0.05, 0.1) is 4.90 Å². The lowest BCUT2D eigenvalue weighted by atomic mass is 10.1. The zero-order valence-electron chi connectivity index (χ0n) is 12.8. The van der Waals surface area contributed by atoms with Crippen LogP contribution in [0.5, 0.6) is 0 Å². The number of amides is 1. The lowest BCUT2D eigenvalue weighted by molar-refractivity contribution is -0.123. The number of benzene rings is 1. The summed E-state index contributed by atoms with van der Waals surface area (Å²) in [6.45, 7) is 0.455. The summed E-state index contributed by atoms with van der Waals surface area (Å²) >= 11 is 0. The molecule has 1 aromatic carbocycles. The molecule has 0 atom stereocenters. The molecule has 118 valence electrons. The third kappa shape index (κ3) is 3.76. The maximum Gasteiger partial charge on any atom is 0.263 e. The minimum absolute atomic E-state index is 0.121. The second kappa shape index (κ2) is 6.79. The zero-order valence-corrected chi connectivity index (χ0v) is 13.6. The molecule has 0 N–H and O–H groups in total. The predicted octanol–water partition coefficient (Wildman–Crippen LogP) is 2.00. The smallest absolute Gasteiger partial charge is 0.263 e. The second-order valence-electron chi connectivity index (χ2n) is 5.30. The van der Waals surface area contributed by atoms with Crippen LogP contribution >= 0.6 is 0 Å². The fraction of sp³-hybridized carbons (Fsp3) is 0.312. The number of sulfonamides is 1. The molecule has 0 saturated carbocycles. The Balaban J connectivity index is 2.22. The number of nitrogens with zero attached hydrogens (tertiary/aromatic N) is 2. The first-order valence-electron chi connectivity index (χ1n) is 7.08. The lowest BCUT2D eigenvalue weighted by Gasteiger charge is -2.25. The Morgan fingerprint density at radius 1 is 1.23 bits per heavy atom. The van der Waals surface area contributed by atoms with Crippen molar-refractivity contribution in [3.8, 4) is 0 Å². The van der Waals surface area contributed by atoms with E-state index in [0.29, 0.717) is 6.54 Å². The molecule has 0 fully saturated rings. The summed E-state index contributed by atoms with van der Waals surface area (Å²) in [7, 11) is -0.173. The molecule has 0 unspecified atom stereocenters. The normalized spacial score (nSPS) is 15.7. The number of hydrogen-bond donors (Lipinski definition) is 0. The lowest BCUT2D eigenvalue weighted by Crippen LogP contribution is -2.29. The Morgan fingerprint density at radius 3 is 2.55 bits per heavy atom. The van der Waals surface area contributed by atoms with E-state index in [1.54, 1.807) is 56.7 Å². The first-order chi connectivity index (χ1) is 10.4. The predicted molar refractivity (Wildman–Crippen MR) is 85.5 cm³/mol. The molecule has 1 aliphatic rings. The van der Waals surface area contributed by atoms with Crippen LogP contribution in [-0.4, -0.2) is 44.2 Å². The van der Waals surface area contributed by atoms with Crippen molar-refractivity contribution < 1.29 is 13.2 Å². The monoisotopic (exact) mass is 320 g/mol. The van der Waals surface area contributed by atoms with E-state index in [0.717, 1.165) is 18.4 Å². The van der Waals surface area contributed by atoms with Crippen LogP contribution in [0.25, 0.3) is 0 Å². The summed E-state index contributed by atoms with van der Waals surface area (Å²) in [4.78, 5) is 13.3. The van der Waals surface area contributed by atoms with Gasteiger partial charge in [-0.3, -0.25) is 9.10 Å². The molecule has 0 radical (unpaired) electrons. The molecule has 0 aromatic heterocycles. The standard InChI is InChI=1S/C16H20N2O3S/c1-17(2)16(19)11-10-14-7-6-12-18(13-14)22(20,21)15-8-4-3-5-9-15/h3-5,8-11,13H,6-7,12H2,1-2H3/b11-10+. The highest BCUT2D eigenvalue weighted by Gasteiger charge is 2.23. The van der Waals surface area contributed by atoms with Crippen LogP contribution < -0.4 is 0 Å². The summed E-state index contributed by atoms with van der Waals surface area (Å²) in [6, 6.07) is 8.37. The highest BCUT2D eigenvalue weighted by Crippen LogP contribution is 2.23.